The zero-order valence-corrected chi connectivity index (χ0v) is 9.20. The smallest absolute Gasteiger partial charge is 0.294 e. The molecule has 0 aliphatic heterocycles. The van der Waals surface area contributed by atoms with Gasteiger partial charge in [-0.25, -0.2) is 0 Å². The van der Waals surface area contributed by atoms with E-state index in [9.17, 15) is 8.78 Å². The maximum Gasteiger partial charge on any atom is 0.294 e. The average Bonchev–Trinajstić information content (AvgIpc) is 2.54. The second-order valence-corrected chi connectivity index (χ2v) is 4.65. The van der Waals surface area contributed by atoms with E-state index in [-0.39, 0.29) is 11.4 Å². The summed E-state index contributed by atoms with van der Waals surface area (Å²) in [7, 11) is 0. The van der Waals surface area contributed by atoms with Gasteiger partial charge in [-0.1, -0.05) is 19.9 Å². The minimum Gasteiger partial charge on any atom is -0.311 e. The van der Waals surface area contributed by atoms with Crippen LogP contribution < -0.4 is 5.32 Å². The number of thiophene rings is 1. The third-order valence-corrected chi connectivity index (χ3v) is 2.76. The summed E-state index contributed by atoms with van der Waals surface area (Å²) in [4.78, 5) is 0.133. The van der Waals surface area contributed by atoms with Crippen molar-refractivity contribution >= 4 is 11.3 Å². The molecule has 0 saturated carbocycles. The fourth-order valence-electron chi connectivity index (χ4n) is 1.09. The highest BCUT2D eigenvalue weighted by Gasteiger charge is 2.31. The molecule has 0 atom stereocenters. The second-order valence-electron chi connectivity index (χ2n) is 3.71. The number of nitrogens with one attached hydrogen (secondary N) is 1. The lowest BCUT2D eigenvalue weighted by Gasteiger charge is -2.16. The summed E-state index contributed by atoms with van der Waals surface area (Å²) in [6.07, 6.45) is 0. The molecular weight excluding hydrogens is 204 g/mol. The number of hydrogen-bond acceptors (Lipinski definition) is 2. The van der Waals surface area contributed by atoms with Crippen LogP contribution in [0.4, 0.5) is 8.78 Å². The molecule has 1 aromatic rings. The molecule has 0 aliphatic carbocycles. The van der Waals surface area contributed by atoms with Gasteiger partial charge in [-0.05, 0) is 23.9 Å². The first kappa shape index (κ1) is 11.6. The molecule has 0 radical (unpaired) electrons. The fourth-order valence-corrected chi connectivity index (χ4v) is 1.80. The Bertz CT molecular complexity index is 257. The summed E-state index contributed by atoms with van der Waals surface area (Å²) in [6, 6.07) is 3.12. The van der Waals surface area contributed by atoms with E-state index in [0.29, 0.717) is 12.5 Å². The van der Waals surface area contributed by atoms with Crippen molar-refractivity contribution in [2.45, 2.75) is 19.8 Å². The maximum absolute atomic E-state index is 13.4. The number of halogens is 2. The minimum absolute atomic E-state index is 0.133. The van der Waals surface area contributed by atoms with E-state index in [4.69, 9.17) is 0 Å². The van der Waals surface area contributed by atoms with Gasteiger partial charge in [0, 0.05) is 0 Å². The molecule has 1 rings (SSSR count). The monoisotopic (exact) mass is 219 g/mol. The molecule has 1 nitrogen and oxygen atoms in total. The number of alkyl halides is 2. The normalized spacial score (nSPS) is 12.4. The van der Waals surface area contributed by atoms with Gasteiger partial charge in [0.1, 0.15) is 0 Å². The van der Waals surface area contributed by atoms with Crippen LogP contribution in [0.2, 0.25) is 0 Å². The SMILES string of the molecule is CC(C)CNCC(F)(F)c1cccs1. The number of hydrogen-bond donors (Lipinski definition) is 1. The van der Waals surface area contributed by atoms with Gasteiger partial charge >= 0.3 is 0 Å². The van der Waals surface area contributed by atoms with Crippen LogP contribution in [-0.2, 0) is 5.92 Å². The van der Waals surface area contributed by atoms with Gasteiger partial charge in [-0.3, -0.25) is 0 Å². The lowest BCUT2D eigenvalue weighted by molar-refractivity contribution is 0.000305. The highest BCUT2D eigenvalue weighted by molar-refractivity contribution is 7.10. The van der Waals surface area contributed by atoms with Crippen LogP contribution in [0.1, 0.15) is 18.7 Å². The molecule has 0 spiro atoms. The van der Waals surface area contributed by atoms with Crippen molar-refractivity contribution in [3.63, 3.8) is 0 Å². The van der Waals surface area contributed by atoms with Crippen LogP contribution in [0.5, 0.6) is 0 Å². The molecule has 1 heterocycles. The Morgan fingerprint density at radius 2 is 2.21 bits per heavy atom. The summed E-state index contributed by atoms with van der Waals surface area (Å²) in [5, 5.41) is 4.44. The molecule has 0 aromatic carbocycles. The van der Waals surface area contributed by atoms with Crippen LogP contribution in [0, 0.1) is 5.92 Å². The third-order valence-electron chi connectivity index (χ3n) is 1.78. The highest BCUT2D eigenvalue weighted by atomic mass is 32.1. The molecule has 4 heteroatoms. The van der Waals surface area contributed by atoms with Crippen molar-refractivity contribution in [2.75, 3.05) is 13.1 Å². The van der Waals surface area contributed by atoms with Crippen molar-refractivity contribution in [1.29, 1.82) is 0 Å². The summed E-state index contributed by atoms with van der Waals surface area (Å²) < 4.78 is 26.8. The second kappa shape index (κ2) is 4.84. The van der Waals surface area contributed by atoms with Gasteiger partial charge in [-0.2, -0.15) is 8.78 Å². The molecule has 0 amide bonds. The molecule has 0 aliphatic rings. The summed E-state index contributed by atoms with van der Waals surface area (Å²) in [5.74, 6) is -2.34. The Balaban J connectivity index is 2.42. The Kier molecular flexibility index (Phi) is 4.01. The molecule has 1 N–H and O–H groups in total. The molecule has 0 fully saturated rings. The van der Waals surface area contributed by atoms with Crippen LogP contribution in [0.3, 0.4) is 0 Å². The summed E-state index contributed by atoms with van der Waals surface area (Å²) in [5.41, 5.74) is 0. The Labute approximate surface area is 87.1 Å². The lowest BCUT2D eigenvalue weighted by atomic mass is 10.2. The molecule has 14 heavy (non-hydrogen) atoms. The molecule has 0 bridgehead atoms. The predicted octanol–water partition coefficient (Wildman–Crippen LogP) is 3.09. The first-order chi connectivity index (χ1) is 6.52. The van der Waals surface area contributed by atoms with E-state index in [2.05, 4.69) is 5.32 Å². The van der Waals surface area contributed by atoms with Crippen molar-refractivity contribution in [1.82, 2.24) is 5.32 Å². The summed E-state index contributed by atoms with van der Waals surface area (Å²) >= 11 is 1.10. The molecule has 80 valence electrons. The standard InChI is InChI=1S/C10H15F2NS/c1-8(2)6-13-7-10(11,12)9-4-3-5-14-9/h3-5,8,13H,6-7H2,1-2H3. The molecule has 1 aromatic heterocycles. The van der Waals surface area contributed by atoms with E-state index in [1.54, 1.807) is 11.4 Å². The zero-order valence-electron chi connectivity index (χ0n) is 8.39. The van der Waals surface area contributed by atoms with Crippen LogP contribution in [0.25, 0.3) is 0 Å². The summed E-state index contributed by atoms with van der Waals surface area (Å²) in [6.45, 7) is 4.35. The maximum atomic E-state index is 13.4. The molecule has 0 unspecified atom stereocenters. The van der Waals surface area contributed by atoms with Gasteiger partial charge in [0.25, 0.3) is 5.92 Å². The van der Waals surface area contributed by atoms with E-state index >= 15 is 0 Å². The van der Waals surface area contributed by atoms with E-state index in [1.165, 1.54) is 6.07 Å². The quantitative estimate of drug-likeness (QED) is 0.802. The first-order valence-electron chi connectivity index (χ1n) is 4.65. The van der Waals surface area contributed by atoms with E-state index in [0.717, 1.165) is 11.3 Å². The zero-order chi connectivity index (χ0) is 10.6. The Hall–Kier alpha value is -0.480. The minimum atomic E-state index is -2.73. The van der Waals surface area contributed by atoms with Gasteiger partial charge in [0.05, 0.1) is 11.4 Å². The van der Waals surface area contributed by atoms with Crippen molar-refractivity contribution in [3.8, 4) is 0 Å². The van der Waals surface area contributed by atoms with Crippen molar-refractivity contribution in [2.24, 2.45) is 5.92 Å². The van der Waals surface area contributed by atoms with Crippen LogP contribution in [-0.4, -0.2) is 13.1 Å². The number of rotatable bonds is 5. The first-order valence-corrected chi connectivity index (χ1v) is 5.53. The van der Waals surface area contributed by atoms with E-state index in [1.807, 2.05) is 13.8 Å². The Morgan fingerprint density at radius 1 is 1.50 bits per heavy atom. The average molecular weight is 219 g/mol. The largest absolute Gasteiger partial charge is 0.311 e. The Morgan fingerprint density at radius 3 is 2.71 bits per heavy atom. The van der Waals surface area contributed by atoms with Gasteiger partial charge in [0.2, 0.25) is 0 Å². The van der Waals surface area contributed by atoms with Gasteiger partial charge < -0.3 is 5.32 Å². The van der Waals surface area contributed by atoms with Crippen LogP contribution >= 0.6 is 11.3 Å². The molecule has 0 saturated heterocycles. The fraction of sp³-hybridized carbons (Fsp3) is 0.600. The third kappa shape index (κ3) is 3.35. The van der Waals surface area contributed by atoms with Crippen molar-refractivity contribution in [3.05, 3.63) is 22.4 Å². The van der Waals surface area contributed by atoms with E-state index < -0.39 is 5.92 Å². The van der Waals surface area contributed by atoms with Gasteiger partial charge in [-0.15, -0.1) is 11.3 Å². The topological polar surface area (TPSA) is 12.0 Å². The predicted molar refractivity (Wildman–Crippen MR) is 55.9 cm³/mol. The molecular formula is C10H15F2NS. The van der Waals surface area contributed by atoms with Gasteiger partial charge in [0.15, 0.2) is 0 Å². The van der Waals surface area contributed by atoms with Crippen molar-refractivity contribution < 1.29 is 8.78 Å². The lowest BCUT2D eigenvalue weighted by Crippen LogP contribution is -2.32. The highest BCUT2D eigenvalue weighted by Crippen LogP contribution is 2.30. The van der Waals surface area contributed by atoms with Crippen LogP contribution in [0.15, 0.2) is 17.5 Å².